The van der Waals surface area contributed by atoms with Gasteiger partial charge < -0.3 is 16.0 Å². The van der Waals surface area contributed by atoms with Crippen LogP contribution in [0, 0.1) is 0 Å². The molecule has 7 nitrogen and oxygen atoms in total. The van der Waals surface area contributed by atoms with Crippen molar-refractivity contribution in [3.63, 3.8) is 0 Å². The van der Waals surface area contributed by atoms with E-state index in [0.29, 0.717) is 35.3 Å². The molecule has 0 spiro atoms. The summed E-state index contributed by atoms with van der Waals surface area (Å²) in [6.07, 6.45) is 0.955. The highest BCUT2D eigenvalue weighted by Gasteiger charge is 2.32. The van der Waals surface area contributed by atoms with Crippen LogP contribution in [0.3, 0.4) is 0 Å². The standard InChI is InChI=1S/C16H19N3O4/c1-8(20)17-12-6-7-13(18-9(2)21)15-11(12)4-5-14(16(15)23)19-10(3)22/h6-7,14H,4-5H2,1-3H3,(H,17,20)(H,18,21)(H,19,22). The molecule has 0 fully saturated rings. The molecule has 7 heteroatoms. The number of hydrogen-bond acceptors (Lipinski definition) is 4. The Hall–Kier alpha value is -2.70. The average molecular weight is 317 g/mol. The second-order valence-corrected chi connectivity index (χ2v) is 5.53. The number of amides is 3. The van der Waals surface area contributed by atoms with Crippen LogP contribution in [0.2, 0.25) is 0 Å². The number of benzene rings is 1. The third kappa shape index (κ3) is 3.74. The van der Waals surface area contributed by atoms with E-state index < -0.39 is 6.04 Å². The van der Waals surface area contributed by atoms with Crippen LogP contribution in [0.25, 0.3) is 0 Å². The molecule has 2 rings (SSSR count). The van der Waals surface area contributed by atoms with Crippen LogP contribution >= 0.6 is 0 Å². The minimum Gasteiger partial charge on any atom is -0.346 e. The van der Waals surface area contributed by atoms with Crippen LogP contribution in [0.15, 0.2) is 12.1 Å². The molecule has 0 saturated carbocycles. The highest BCUT2D eigenvalue weighted by atomic mass is 16.2. The molecule has 0 heterocycles. The minimum atomic E-state index is -0.625. The summed E-state index contributed by atoms with van der Waals surface area (Å²) in [6.45, 7) is 4.09. The first-order chi connectivity index (χ1) is 10.8. The van der Waals surface area contributed by atoms with Gasteiger partial charge >= 0.3 is 0 Å². The molecule has 0 aromatic heterocycles. The first-order valence-electron chi connectivity index (χ1n) is 7.32. The minimum absolute atomic E-state index is 0.240. The van der Waals surface area contributed by atoms with Gasteiger partial charge in [-0.1, -0.05) is 0 Å². The van der Waals surface area contributed by atoms with Gasteiger partial charge in [0, 0.05) is 32.0 Å². The first kappa shape index (κ1) is 16.7. The van der Waals surface area contributed by atoms with Gasteiger partial charge in [-0.15, -0.1) is 0 Å². The van der Waals surface area contributed by atoms with E-state index in [1.165, 1.54) is 20.8 Å². The predicted octanol–water partition coefficient (Wildman–Crippen LogP) is 1.24. The summed E-state index contributed by atoms with van der Waals surface area (Å²) in [5, 5.41) is 7.96. The van der Waals surface area contributed by atoms with Crippen molar-refractivity contribution in [2.45, 2.75) is 39.7 Å². The third-order valence-electron chi connectivity index (χ3n) is 3.56. The number of hydrogen-bond donors (Lipinski definition) is 3. The van der Waals surface area contributed by atoms with Crippen molar-refractivity contribution in [1.82, 2.24) is 5.32 Å². The van der Waals surface area contributed by atoms with Gasteiger partial charge in [0.1, 0.15) is 0 Å². The van der Waals surface area contributed by atoms with Crippen molar-refractivity contribution in [1.29, 1.82) is 0 Å². The van der Waals surface area contributed by atoms with Crippen LogP contribution < -0.4 is 16.0 Å². The number of rotatable bonds is 3. The summed E-state index contributed by atoms with van der Waals surface area (Å²) in [6, 6.07) is 2.62. The molecule has 0 saturated heterocycles. The molecule has 0 aliphatic heterocycles. The summed E-state index contributed by atoms with van der Waals surface area (Å²) in [4.78, 5) is 46.7. The van der Waals surface area contributed by atoms with Crippen molar-refractivity contribution in [3.05, 3.63) is 23.3 Å². The van der Waals surface area contributed by atoms with Crippen molar-refractivity contribution in [2.75, 3.05) is 10.6 Å². The summed E-state index contributed by atoms with van der Waals surface area (Å²) < 4.78 is 0. The van der Waals surface area contributed by atoms with E-state index in [2.05, 4.69) is 16.0 Å². The molecule has 0 bridgehead atoms. The molecule has 122 valence electrons. The average Bonchev–Trinajstić information content (AvgIpc) is 2.42. The Morgan fingerprint density at radius 3 is 2.09 bits per heavy atom. The van der Waals surface area contributed by atoms with E-state index in [0.717, 1.165) is 0 Å². The van der Waals surface area contributed by atoms with Gasteiger partial charge in [-0.25, -0.2) is 0 Å². The molecule has 1 aliphatic rings. The Labute approximate surface area is 133 Å². The van der Waals surface area contributed by atoms with Crippen LogP contribution in [0.1, 0.15) is 43.1 Å². The van der Waals surface area contributed by atoms with Crippen molar-refractivity contribution in [3.8, 4) is 0 Å². The highest BCUT2D eigenvalue weighted by Crippen LogP contribution is 2.34. The Bertz CT molecular complexity index is 697. The fraction of sp³-hybridized carbons (Fsp3) is 0.375. The molecule has 1 unspecified atom stereocenters. The lowest BCUT2D eigenvalue weighted by molar-refractivity contribution is -0.119. The van der Waals surface area contributed by atoms with Crippen LogP contribution in [0.5, 0.6) is 0 Å². The molecule has 1 atom stereocenters. The molecular formula is C16H19N3O4. The normalized spacial score (nSPS) is 16.3. The zero-order valence-electron chi connectivity index (χ0n) is 13.3. The van der Waals surface area contributed by atoms with Crippen molar-refractivity contribution in [2.24, 2.45) is 0 Å². The van der Waals surface area contributed by atoms with Gasteiger partial charge in [-0.05, 0) is 30.5 Å². The van der Waals surface area contributed by atoms with E-state index in [9.17, 15) is 19.2 Å². The third-order valence-corrected chi connectivity index (χ3v) is 3.56. The summed E-state index contributed by atoms with van der Waals surface area (Å²) in [7, 11) is 0. The SMILES string of the molecule is CC(=O)Nc1ccc(NC(C)=O)c2c1CCC(NC(C)=O)C2=O. The monoisotopic (exact) mass is 317 g/mol. The van der Waals surface area contributed by atoms with Crippen LogP contribution in [0.4, 0.5) is 11.4 Å². The van der Waals surface area contributed by atoms with E-state index in [1.54, 1.807) is 12.1 Å². The molecule has 1 aromatic rings. The van der Waals surface area contributed by atoms with Crippen LogP contribution in [-0.4, -0.2) is 29.5 Å². The zero-order valence-corrected chi connectivity index (χ0v) is 13.3. The van der Waals surface area contributed by atoms with Gasteiger partial charge in [-0.3, -0.25) is 19.2 Å². The van der Waals surface area contributed by atoms with Crippen molar-refractivity contribution < 1.29 is 19.2 Å². The summed E-state index contributed by atoms with van der Waals surface area (Å²) >= 11 is 0. The number of carbonyl (C=O) groups excluding carboxylic acids is 4. The maximum atomic E-state index is 12.7. The maximum absolute atomic E-state index is 12.7. The largest absolute Gasteiger partial charge is 0.346 e. The zero-order chi connectivity index (χ0) is 17.1. The van der Waals surface area contributed by atoms with E-state index >= 15 is 0 Å². The van der Waals surface area contributed by atoms with E-state index in [4.69, 9.17) is 0 Å². The second-order valence-electron chi connectivity index (χ2n) is 5.53. The molecule has 3 amide bonds. The van der Waals surface area contributed by atoms with E-state index in [-0.39, 0.29) is 23.5 Å². The van der Waals surface area contributed by atoms with Gasteiger partial charge in [0.05, 0.1) is 11.7 Å². The van der Waals surface area contributed by atoms with Gasteiger partial charge in [0.25, 0.3) is 0 Å². The fourth-order valence-electron chi connectivity index (χ4n) is 2.77. The lowest BCUT2D eigenvalue weighted by Gasteiger charge is -2.27. The summed E-state index contributed by atoms with van der Waals surface area (Å²) in [5.41, 5.74) is 1.97. The molecular weight excluding hydrogens is 298 g/mol. The van der Waals surface area contributed by atoms with Gasteiger partial charge in [0.2, 0.25) is 17.7 Å². The van der Waals surface area contributed by atoms with Gasteiger partial charge in [-0.2, -0.15) is 0 Å². The topological polar surface area (TPSA) is 104 Å². The Morgan fingerprint density at radius 2 is 1.52 bits per heavy atom. The Kier molecular flexibility index (Phi) is 4.78. The number of anilines is 2. The lowest BCUT2D eigenvalue weighted by Crippen LogP contribution is -2.43. The Morgan fingerprint density at radius 1 is 0.957 bits per heavy atom. The maximum Gasteiger partial charge on any atom is 0.221 e. The molecule has 23 heavy (non-hydrogen) atoms. The number of Topliss-reactive ketones (excluding diaryl/α,β-unsaturated/α-hetero) is 1. The number of nitrogens with one attached hydrogen (secondary N) is 3. The lowest BCUT2D eigenvalue weighted by atomic mass is 9.84. The van der Waals surface area contributed by atoms with E-state index in [1.807, 2.05) is 0 Å². The Balaban J connectivity index is 2.50. The molecule has 1 aromatic carbocycles. The number of ketones is 1. The quantitative estimate of drug-likeness (QED) is 0.780. The summed E-state index contributed by atoms with van der Waals surface area (Å²) in [5.74, 6) is -1.09. The highest BCUT2D eigenvalue weighted by molar-refractivity contribution is 6.11. The first-order valence-corrected chi connectivity index (χ1v) is 7.32. The molecule has 3 N–H and O–H groups in total. The van der Waals surface area contributed by atoms with Crippen LogP contribution in [-0.2, 0) is 20.8 Å². The predicted molar refractivity (Wildman–Crippen MR) is 85.3 cm³/mol. The number of fused-ring (bicyclic) bond motifs is 1. The molecule has 0 radical (unpaired) electrons. The smallest absolute Gasteiger partial charge is 0.221 e. The van der Waals surface area contributed by atoms with Gasteiger partial charge in [0.15, 0.2) is 5.78 Å². The molecule has 1 aliphatic carbocycles. The number of carbonyl (C=O) groups is 4. The second kappa shape index (κ2) is 6.60. The fourth-order valence-corrected chi connectivity index (χ4v) is 2.77. The van der Waals surface area contributed by atoms with Crippen molar-refractivity contribution >= 4 is 34.9 Å².